The minimum atomic E-state index is 0.0787. The molecule has 0 fully saturated rings. The molecule has 1 unspecified atom stereocenters. The molecule has 2 rings (SSSR count). The highest BCUT2D eigenvalue weighted by Gasteiger charge is 2.09. The highest BCUT2D eigenvalue weighted by molar-refractivity contribution is 7.99. The molecule has 0 aliphatic heterocycles. The first-order chi connectivity index (χ1) is 12.7. The summed E-state index contributed by atoms with van der Waals surface area (Å²) in [5.41, 5.74) is 1.33. The van der Waals surface area contributed by atoms with Crippen LogP contribution < -0.4 is 4.74 Å². The number of hydrogen-bond acceptors (Lipinski definition) is 3. The fraction of sp³-hybridized carbons (Fsp3) is 0.478. The van der Waals surface area contributed by atoms with E-state index >= 15 is 0 Å². The Morgan fingerprint density at radius 3 is 1.92 bits per heavy atom. The minimum absolute atomic E-state index is 0.0787. The summed E-state index contributed by atoms with van der Waals surface area (Å²) in [6.45, 7) is 13.0. The van der Waals surface area contributed by atoms with E-state index in [-0.39, 0.29) is 6.10 Å². The summed E-state index contributed by atoms with van der Waals surface area (Å²) >= 11 is 1.79. The summed E-state index contributed by atoms with van der Waals surface area (Å²) in [6.07, 6.45) is 0.0787. The number of methoxy groups -OCH3 is 1. The fourth-order valence-electron chi connectivity index (χ4n) is 2.03. The van der Waals surface area contributed by atoms with E-state index in [4.69, 9.17) is 9.47 Å². The Morgan fingerprint density at radius 2 is 1.42 bits per heavy atom. The van der Waals surface area contributed by atoms with Gasteiger partial charge in [-0.3, -0.25) is 0 Å². The minimum Gasteiger partial charge on any atom is -0.491 e. The third kappa shape index (κ3) is 9.88. The molecular weight excluding hydrogens is 340 g/mol. The summed E-state index contributed by atoms with van der Waals surface area (Å²) in [5.74, 6) is 2.32. The maximum Gasteiger partial charge on any atom is 0.119 e. The Bertz CT molecular complexity index is 538. The molecule has 0 radical (unpaired) electrons. The van der Waals surface area contributed by atoms with Gasteiger partial charge in [0.05, 0.1) is 0 Å². The van der Waals surface area contributed by atoms with Crippen LogP contribution in [0, 0.1) is 0 Å². The number of thioether (sulfide) groups is 1. The van der Waals surface area contributed by atoms with E-state index < -0.39 is 0 Å². The van der Waals surface area contributed by atoms with Gasteiger partial charge >= 0.3 is 0 Å². The van der Waals surface area contributed by atoms with E-state index in [1.807, 2.05) is 45.9 Å². The van der Waals surface area contributed by atoms with E-state index in [1.165, 1.54) is 10.5 Å². The average molecular weight is 377 g/mol. The van der Waals surface area contributed by atoms with Crippen molar-refractivity contribution in [1.82, 2.24) is 0 Å². The Balaban J connectivity index is 0.00000146. The summed E-state index contributed by atoms with van der Waals surface area (Å²) in [5, 5.41) is 0. The quantitative estimate of drug-likeness (QED) is 0.460. The zero-order chi connectivity index (χ0) is 19.8. The maximum atomic E-state index is 5.84. The smallest absolute Gasteiger partial charge is 0.119 e. The second kappa shape index (κ2) is 15.8. The lowest BCUT2D eigenvalue weighted by Crippen LogP contribution is -2.22. The molecule has 146 valence electrons. The second-order valence-electron chi connectivity index (χ2n) is 5.52. The van der Waals surface area contributed by atoms with Crippen LogP contribution in [0.15, 0.2) is 59.5 Å². The zero-order valence-electron chi connectivity index (χ0n) is 17.5. The van der Waals surface area contributed by atoms with Gasteiger partial charge in [-0.25, -0.2) is 0 Å². The van der Waals surface area contributed by atoms with Gasteiger partial charge in [0.1, 0.15) is 18.5 Å². The number of ether oxygens (including phenoxy) is 2. The third-order valence-corrected chi connectivity index (χ3v) is 4.64. The molecule has 0 saturated heterocycles. The first kappa shape index (κ1) is 24.6. The molecule has 0 amide bonds. The van der Waals surface area contributed by atoms with Crippen LogP contribution >= 0.6 is 11.8 Å². The van der Waals surface area contributed by atoms with Crippen LogP contribution in [0.25, 0.3) is 0 Å². The van der Waals surface area contributed by atoms with E-state index in [1.54, 1.807) is 18.9 Å². The standard InChI is InChI=1S/C19H24O2S.2C2H6/c1-15(2)16-9-11-17(12-10-16)21-13-18(20-3)14-22-19-7-5-4-6-8-19;2*1-2/h4-12,15,18H,13-14H2,1-3H3;2*1-2H3. The molecule has 1 atom stereocenters. The van der Waals surface area contributed by atoms with Gasteiger partial charge in [-0.1, -0.05) is 71.9 Å². The highest BCUT2D eigenvalue weighted by Crippen LogP contribution is 2.21. The number of rotatable bonds is 8. The molecule has 2 nitrogen and oxygen atoms in total. The van der Waals surface area contributed by atoms with Crippen molar-refractivity contribution in [3.8, 4) is 5.75 Å². The SMILES string of the molecule is CC.CC.COC(COc1ccc(C(C)C)cc1)CSc1ccccc1. The van der Waals surface area contributed by atoms with E-state index in [0.717, 1.165) is 11.5 Å². The lowest BCUT2D eigenvalue weighted by atomic mass is 10.0. The summed E-state index contributed by atoms with van der Waals surface area (Å²) in [4.78, 5) is 1.26. The number of benzene rings is 2. The predicted octanol–water partition coefficient (Wildman–Crippen LogP) is 7.05. The topological polar surface area (TPSA) is 18.5 Å². The lowest BCUT2D eigenvalue weighted by molar-refractivity contribution is 0.0750. The Morgan fingerprint density at radius 1 is 0.846 bits per heavy atom. The van der Waals surface area contributed by atoms with Crippen LogP contribution in [0.4, 0.5) is 0 Å². The molecule has 26 heavy (non-hydrogen) atoms. The highest BCUT2D eigenvalue weighted by atomic mass is 32.2. The van der Waals surface area contributed by atoms with E-state index in [0.29, 0.717) is 12.5 Å². The molecular formula is C23H36O2S. The van der Waals surface area contributed by atoms with Crippen LogP contribution in [0.1, 0.15) is 53.0 Å². The van der Waals surface area contributed by atoms with Gasteiger partial charge in [0.15, 0.2) is 0 Å². The molecule has 0 heterocycles. The molecule has 0 saturated carbocycles. The van der Waals surface area contributed by atoms with Gasteiger partial charge in [0, 0.05) is 17.8 Å². The Kier molecular flexibility index (Phi) is 14.9. The van der Waals surface area contributed by atoms with Crippen LogP contribution in [0.3, 0.4) is 0 Å². The van der Waals surface area contributed by atoms with Gasteiger partial charge in [-0.15, -0.1) is 11.8 Å². The van der Waals surface area contributed by atoms with Crippen molar-refractivity contribution < 1.29 is 9.47 Å². The van der Waals surface area contributed by atoms with E-state index in [2.05, 4.69) is 50.2 Å². The fourth-order valence-corrected chi connectivity index (χ4v) is 2.99. The van der Waals surface area contributed by atoms with Gasteiger partial charge in [0.25, 0.3) is 0 Å². The first-order valence-electron chi connectivity index (χ1n) is 9.62. The predicted molar refractivity (Wildman–Crippen MR) is 117 cm³/mol. The van der Waals surface area contributed by atoms with Crippen LogP contribution in [0.5, 0.6) is 5.75 Å². The van der Waals surface area contributed by atoms with Gasteiger partial charge in [-0.2, -0.15) is 0 Å². The zero-order valence-corrected chi connectivity index (χ0v) is 18.3. The van der Waals surface area contributed by atoms with Gasteiger partial charge in [-0.05, 0) is 35.7 Å². The first-order valence-corrected chi connectivity index (χ1v) is 10.6. The molecule has 2 aromatic rings. The summed E-state index contributed by atoms with van der Waals surface area (Å²) in [6, 6.07) is 18.7. The van der Waals surface area contributed by atoms with Crippen molar-refractivity contribution in [3.63, 3.8) is 0 Å². The lowest BCUT2D eigenvalue weighted by Gasteiger charge is -2.16. The Labute approximate surface area is 165 Å². The molecule has 0 aromatic heterocycles. The average Bonchev–Trinajstić information content (AvgIpc) is 2.72. The van der Waals surface area contributed by atoms with Crippen LogP contribution in [0.2, 0.25) is 0 Å². The molecule has 2 aromatic carbocycles. The molecule has 0 aliphatic carbocycles. The maximum absolute atomic E-state index is 5.84. The molecule has 0 N–H and O–H groups in total. The molecule has 3 heteroatoms. The molecule has 0 spiro atoms. The summed E-state index contributed by atoms with van der Waals surface area (Å²) in [7, 11) is 1.74. The Hall–Kier alpha value is -1.45. The number of hydrogen-bond donors (Lipinski definition) is 0. The van der Waals surface area contributed by atoms with E-state index in [9.17, 15) is 0 Å². The van der Waals surface area contributed by atoms with Crippen molar-refractivity contribution in [2.24, 2.45) is 0 Å². The second-order valence-corrected chi connectivity index (χ2v) is 6.61. The van der Waals surface area contributed by atoms with Crippen molar-refractivity contribution >= 4 is 11.8 Å². The molecule has 0 bridgehead atoms. The van der Waals surface area contributed by atoms with Crippen molar-refractivity contribution in [1.29, 1.82) is 0 Å². The normalized spacial score (nSPS) is 10.9. The van der Waals surface area contributed by atoms with Crippen LogP contribution in [-0.4, -0.2) is 25.6 Å². The largest absolute Gasteiger partial charge is 0.491 e. The monoisotopic (exact) mass is 376 g/mol. The van der Waals surface area contributed by atoms with Crippen molar-refractivity contribution in [2.45, 2.75) is 58.5 Å². The van der Waals surface area contributed by atoms with Crippen molar-refractivity contribution in [3.05, 3.63) is 60.2 Å². The van der Waals surface area contributed by atoms with Gasteiger partial charge < -0.3 is 9.47 Å². The molecule has 0 aliphatic rings. The summed E-state index contributed by atoms with van der Waals surface area (Å²) < 4.78 is 11.4. The van der Waals surface area contributed by atoms with Crippen molar-refractivity contribution in [2.75, 3.05) is 19.5 Å². The van der Waals surface area contributed by atoms with Crippen LogP contribution in [-0.2, 0) is 4.74 Å². The third-order valence-electron chi connectivity index (χ3n) is 3.50. The van der Waals surface area contributed by atoms with Gasteiger partial charge in [0.2, 0.25) is 0 Å².